The van der Waals surface area contributed by atoms with Gasteiger partial charge in [-0.2, -0.15) is 0 Å². The Morgan fingerprint density at radius 3 is 2.40 bits per heavy atom. The fraction of sp³-hybridized carbons (Fsp3) is 0.211. The fourth-order valence-electron chi connectivity index (χ4n) is 2.10. The molecule has 132 valence electrons. The molecule has 2 rings (SSSR count). The van der Waals surface area contributed by atoms with Crippen LogP contribution in [0.15, 0.2) is 42.5 Å². The number of amides is 1. The van der Waals surface area contributed by atoms with Crippen LogP contribution in [0.3, 0.4) is 0 Å². The van der Waals surface area contributed by atoms with E-state index in [0.717, 1.165) is 5.56 Å². The molecule has 0 heterocycles. The van der Waals surface area contributed by atoms with Crippen LogP contribution in [0.25, 0.3) is 6.08 Å². The van der Waals surface area contributed by atoms with Crippen molar-refractivity contribution in [3.8, 4) is 11.5 Å². The maximum atomic E-state index is 12.0. The summed E-state index contributed by atoms with van der Waals surface area (Å²) in [5, 5.41) is 3.55. The monoisotopic (exact) mass is 379 g/mol. The molecule has 2 aromatic rings. The van der Waals surface area contributed by atoms with Crippen molar-refractivity contribution in [2.75, 3.05) is 18.5 Å². The Kier molecular flexibility index (Phi) is 7.16. The van der Waals surface area contributed by atoms with Gasteiger partial charge in [-0.1, -0.05) is 29.3 Å². The predicted octanol–water partition coefficient (Wildman–Crippen LogP) is 5.44. The quantitative estimate of drug-likeness (QED) is 0.651. The van der Waals surface area contributed by atoms with Crippen LogP contribution in [0, 0.1) is 0 Å². The summed E-state index contributed by atoms with van der Waals surface area (Å²) >= 11 is 11.8. The lowest BCUT2D eigenvalue weighted by Gasteiger charge is -2.11. The summed E-state index contributed by atoms with van der Waals surface area (Å²) in [6.07, 6.45) is 3.14. The van der Waals surface area contributed by atoms with Gasteiger partial charge in [-0.3, -0.25) is 4.79 Å². The van der Waals surface area contributed by atoms with E-state index >= 15 is 0 Å². The molecule has 1 N–H and O–H groups in total. The summed E-state index contributed by atoms with van der Waals surface area (Å²) in [4.78, 5) is 12.0. The molecule has 0 radical (unpaired) electrons. The number of nitrogens with one attached hydrogen (secondary N) is 1. The molecule has 0 aliphatic carbocycles. The van der Waals surface area contributed by atoms with Crippen molar-refractivity contribution < 1.29 is 14.3 Å². The van der Waals surface area contributed by atoms with Crippen LogP contribution in [0.1, 0.15) is 19.4 Å². The van der Waals surface area contributed by atoms with E-state index in [1.165, 1.54) is 6.08 Å². The molecule has 4 nitrogen and oxygen atoms in total. The number of hydrogen-bond acceptors (Lipinski definition) is 3. The van der Waals surface area contributed by atoms with Crippen molar-refractivity contribution in [1.82, 2.24) is 0 Å². The van der Waals surface area contributed by atoms with E-state index in [9.17, 15) is 4.79 Å². The molecule has 0 bridgehead atoms. The van der Waals surface area contributed by atoms with E-state index in [2.05, 4.69) is 5.32 Å². The molecule has 1 amide bonds. The first-order valence-electron chi connectivity index (χ1n) is 7.87. The summed E-state index contributed by atoms with van der Waals surface area (Å²) < 4.78 is 11.1. The van der Waals surface area contributed by atoms with Crippen molar-refractivity contribution in [3.05, 3.63) is 58.1 Å². The second-order valence-electron chi connectivity index (χ2n) is 5.02. The number of anilines is 1. The lowest BCUT2D eigenvalue weighted by Crippen LogP contribution is -2.07. The first-order chi connectivity index (χ1) is 12.0. The van der Waals surface area contributed by atoms with E-state index in [0.29, 0.717) is 40.4 Å². The van der Waals surface area contributed by atoms with Gasteiger partial charge >= 0.3 is 0 Å². The van der Waals surface area contributed by atoms with Gasteiger partial charge in [0.05, 0.1) is 23.3 Å². The van der Waals surface area contributed by atoms with Crippen molar-refractivity contribution >= 4 is 40.9 Å². The molecular weight excluding hydrogens is 361 g/mol. The Balaban J connectivity index is 2.08. The van der Waals surface area contributed by atoms with Crippen molar-refractivity contribution in [2.24, 2.45) is 0 Å². The first kappa shape index (κ1) is 19.2. The van der Waals surface area contributed by atoms with Gasteiger partial charge in [-0.05, 0) is 55.8 Å². The van der Waals surface area contributed by atoms with Crippen LogP contribution < -0.4 is 14.8 Å². The second-order valence-corrected chi connectivity index (χ2v) is 5.84. The highest BCUT2D eigenvalue weighted by molar-refractivity contribution is 6.42. The smallest absolute Gasteiger partial charge is 0.248 e. The maximum absolute atomic E-state index is 12.0. The van der Waals surface area contributed by atoms with E-state index in [1.807, 2.05) is 32.0 Å². The highest BCUT2D eigenvalue weighted by Crippen LogP contribution is 2.29. The SMILES string of the molecule is CCOc1ccc(C=CC(=O)Nc2ccc(Cl)c(Cl)c2)cc1OCC. The molecule has 6 heteroatoms. The summed E-state index contributed by atoms with van der Waals surface area (Å²) in [5.41, 5.74) is 1.40. The maximum Gasteiger partial charge on any atom is 0.248 e. The van der Waals surface area contributed by atoms with Crippen molar-refractivity contribution in [3.63, 3.8) is 0 Å². The lowest BCUT2D eigenvalue weighted by atomic mass is 10.2. The molecule has 2 aromatic carbocycles. The molecule has 0 saturated carbocycles. The Morgan fingerprint density at radius 1 is 1.00 bits per heavy atom. The summed E-state index contributed by atoms with van der Waals surface area (Å²) in [7, 11) is 0. The van der Waals surface area contributed by atoms with Gasteiger partial charge < -0.3 is 14.8 Å². The molecule has 0 aliphatic rings. The first-order valence-corrected chi connectivity index (χ1v) is 8.62. The Bertz CT molecular complexity index is 775. The highest BCUT2D eigenvalue weighted by atomic mass is 35.5. The van der Waals surface area contributed by atoms with Crippen LogP contribution in [0.5, 0.6) is 11.5 Å². The average molecular weight is 380 g/mol. The number of carbonyl (C=O) groups excluding carboxylic acids is 1. The van der Waals surface area contributed by atoms with Crippen LogP contribution in [-0.4, -0.2) is 19.1 Å². The highest BCUT2D eigenvalue weighted by Gasteiger charge is 2.06. The van der Waals surface area contributed by atoms with Crippen LogP contribution >= 0.6 is 23.2 Å². The number of hydrogen-bond donors (Lipinski definition) is 1. The standard InChI is InChI=1S/C19H19Cl2NO3/c1-3-24-17-9-5-13(11-18(17)25-4-2)6-10-19(23)22-14-7-8-15(20)16(21)12-14/h5-12H,3-4H2,1-2H3,(H,22,23). The summed E-state index contributed by atoms with van der Waals surface area (Å²) in [6, 6.07) is 10.4. The van der Waals surface area contributed by atoms with Crippen molar-refractivity contribution in [2.45, 2.75) is 13.8 Å². The van der Waals surface area contributed by atoms with Crippen LogP contribution in [0.4, 0.5) is 5.69 Å². The Labute approximate surface area is 157 Å². The zero-order valence-corrected chi connectivity index (χ0v) is 15.5. The minimum absolute atomic E-state index is 0.273. The number of ether oxygens (including phenoxy) is 2. The van der Waals surface area contributed by atoms with E-state index in [-0.39, 0.29) is 5.91 Å². The number of halogens is 2. The molecule has 0 saturated heterocycles. The van der Waals surface area contributed by atoms with E-state index < -0.39 is 0 Å². The van der Waals surface area contributed by atoms with E-state index in [1.54, 1.807) is 24.3 Å². The van der Waals surface area contributed by atoms with Crippen LogP contribution in [-0.2, 0) is 4.79 Å². The second kappa shape index (κ2) is 9.35. The van der Waals surface area contributed by atoms with Gasteiger partial charge in [0.25, 0.3) is 0 Å². The molecule has 0 atom stereocenters. The number of rotatable bonds is 7. The molecule has 0 fully saturated rings. The number of carbonyl (C=O) groups is 1. The minimum Gasteiger partial charge on any atom is -0.490 e. The number of benzene rings is 2. The Morgan fingerprint density at radius 2 is 1.72 bits per heavy atom. The fourth-order valence-corrected chi connectivity index (χ4v) is 2.40. The molecular formula is C19H19Cl2NO3. The molecule has 25 heavy (non-hydrogen) atoms. The molecule has 0 aliphatic heterocycles. The van der Waals surface area contributed by atoms with Crippen LogP contribution in [0.2, 0.25) is 10.0 Å². The van der Waals surface area contributed by atoms with Gasteiger partial charge in [0, 0.05) is 11.8 Å². The summed E-state index contributed by atoms with van der Waals surface area (Å²) in [5.74, 6) is 1.06. The molecule has 0 unspecified atom stereocenters. The lowest BCUT2D eigenvalue weighted by molar-refractivity contribution is -0.111. The zero-order chi connectivity index (χ0) is 18.2. The van der Waals surface area contributed by atoms with Crippen molar-refractivity contribution in [1.29, 1.82) is 0 Å². The zero-order valence-electron chi connectivity index (χ0n) is 14.0. The third-order valence-corrected chi connectivity index (χ3v) is 3.92. The average Bonchev–Trinajstić information content (AvgIpc) is 2.59. The third kappa shape index (κ3) is 5.69. The molecule has 0 aromatic heterocycles. The minimum atomic E-state index is -0.273. The summed E-state index contributed by atoms with van der Waals surface area (Å²) in [6.45, 7) is 4.91. The van der Waals surface area contributed by atoms with Gasteiger partial charge in [0.2, 0.25) is 5.91 Å². The normalized spacial score (nSPS) is 10.7. The Hall–Kier alpha value is -2.17. The molecule has 0 spiro atoms. The van der Waals surface area contributed by atoms with Gasteiger partial charge in [0.15, 0.2) is 11.5 Å². The van der Waals surface area contributed by atoms with Gasteiger partial charge in [-0.15, -0.1) is 0 Å². The largest absolute Gasteiger partial charge is 0.490 e. The third-order valence-electron chi connectivity index (χ3n) is 3.18. The predicted molar refractivity (Wildman–Crippen MR) is 103 cm³/mol. The van der Waals surface area contributed by atoms with Gasteiger partial charge in [-0.25, -0.2) is 0 Å². The van der Waals surface area contributed by atoms with Gasteiger partial charge in [0.1, 0.15) is 0 Å². The van der Waals surface area contributed by atoms with E-state index in [4.69, 9.17) is 32.7 Å². The topological polar surface area (TPSA) is 47.6 Å².